The first-order valence-electron chi connectivity index (χ1n) is 10.3. The summed E-state index contributed by atoms with van der Waals surface area (Å²) in [6.45, 7) is 7.02. The van der Waals surface area contributed by atoms with E-state index in [1.165, 1.54) is 30.3 Å². The number of carbonyl (C=O) groups is 4. The van der Waals surface area contributed by atoms with Gasteiger partial charge in [0.05, 0.1) is 28.3 Å². The maximum atomic E-state index is 15.3. The number of fused-ring (bicyclic) bond motifs is 2. The Morgan fingerprint density at radius 2 is 1.12 bits per heavy atom. The number of imide groups is 2. The van der Waals surface area contributed by atoms with Crippen LogP contribution in [0.1, 0.15) is 54.3 Å². The van der Waals surface area contributed by atoms with Gasteiger partial charge in [-0.3, -0.25) is 29.0 Å². The van der Waals surface area contributed by atoms with Crippen LogP contribution in [-0.2, 0) is 0 Å². The number of carbonyl (C=O) groups excluding carboxylic acids is 4. The third-order valence-corrected chi connectivity index (χ3v) is 5.96. The number of halogens is 2. The minimum Gasteiger partial charge on any atom is -0.269 e. The molecule has 6 nitrogen and oxygen atoms in total. The van der Waals surface area contributed by atoms with Gasteiger partial charge in [0, 0.05) is 6.42 Å². The van der Waals surface area contributed by atoms with E-state index in [1.54, 1.807) is 24.3 Å². The molecule has 4 rings (SSSR count). The Labute approximate surface area is 188 Å². The molecule has 0 saturated carbocycles. The molecule has 2 aliphatic heterocycles. The second-order valence-electron chi connectivity index (χ2n) is 7.84. The molecule has 8 heteroatoms. The van der Waals surface area contributed by atoms with Crippen LogP contribution in [-0.4, -0.2) is 51.4 Å². The minimum absolute atomic E-state index is 0.0557. The summed E-state index contributed by atoms with van der Waals surface area (Å²) in [6, 6.07) is 9.25. The molecule has 4 amide bonds. The first kappa shape index (κ1) is 22.3. The molecule has 0 spiro atoms. The van der Waals surface area contributed by atoms with Crippen molar-refractivity contribution >= 4 is 23.6 Å². The van der Waals surface area contributed by atoms with E-state index in [0.717, 1.165) is 11.0 Å². The summed E-state index contributed by atoms with van der Waals surface area (Å²) in [5.41, 5.74) is 0.521. The van der Waals surface area contributed by atoms with Gasteiger partial charge in [-0.05, 0) is 30.7 Å². The zero-order valence-corrected chi connectivity index (χ0v) is 17.5. The fraction of sp³-hybridized carbons (Fsp3) is 0.200. The SMILES string of the molecule is C=CC(CCC(F)(F)C(C=C)N1C(=O)c2ccccc2C1=O)N1C(=O)c2ccccc2C1=O. The molecule has 168 valence electrons. The van der Waals surface area contributed by atoms with Gasteiger partial charge in [0.15, 0.2) is 0 Å². The summed E-state index contributed by atoms with van der Waals surface area (Å²) in [7, 11) is 0. The van der Waals surface area contributed by atoms with Gasteiger partial charge in [0.2, 0.25) is 0 Å². The van der Waals surface area contributed by atoms with Crippen molar-refractivity contribution in [3.63, 3.8) is 0 Å². The summed E-state index contributed by atoms with van der Waals surface area (Å²) in [6.07, 6.45) is 1.01. The third-order valence-electron chi connectivity index (χ3n) is 5.96. The van der Waals surface area contributed by atoms with Crippen LogP contribution in [0.15, 0.2) is 73.8 Å². The number of hydrogen-bond donors (Lipinski definition) is 0. The average Bonchev–Trinajstić information content (AvgIpc) is 3.21. The Morgan fingerprint density at radius 1 is 0.727 bits per heavy atom. The fourth-order valence-electron chi connectivity index (χ4n) is 4.28. The smallest absolute Gasteiger partial charge is 0.269 e. The lowest BCUT2D eigenvalue weighted by Gasteiger charge is -2.32. The molecule has 33 heavy (non-hydrogen) atoms. The number of alkyl halides is 2. The standard InChI is InChI=1S/C25H20F2N2O4/c1-3-15(28-21(30)16-9-5-6-10-17(16)22(28)31)13-14-25(26,27)20(4-2)29-23(32)18-11-7-8-12-19(18)24(29)33/h3-12,15,20H,1-2,13-14H2. The van der Waals surface area contributed by atoms with Crippen molar-refractivity contribution in [2.45, 2.75) is 30.8 Å². The van der Waals surface area contributed by atoms with Crippen LogP contribution < -0.4 is 0 Å². The van der Waals surface area contributed by atoms with Crippen molar-refractivity contribution < 1.29 is 28.0 Å². The van der Waals surface area contributed by atoms with Crippen molar-refractivity contribution in [1.82, 2.24) is 9.80 Å². The van der Waals surface area contributed by atoms with E-state index in [1.807, 2.05) is 0 Å². The molecular formula is C25H20F2N2O4. The number of nitrogens with zero attached hydrogens (tertiary/aromatic N) is 2. The first-order valence-corrected chi connectivity index (χ1v) is 10.3. The lowest BCUT2D eigenvalue weighted by atomic mass is 9.99. The molecule has 2 unspecified atom stereocenters. The topological polar surface area (TPSA) is 74.8 Å². The van der Waals surface area contributed by atoms with E-state index in [2.05, 4.69) is 13.2 Å². The van der Waals surface area contributed by atoms with Crippen LogP contribution in [0.2, 0.25) is 0 Å². The van der Waals surface area contributed by atoms with Crippen LogP contribution >= 0.6 is 0 Å². The number of benzene rings is 2. The van der Waals surface area contributed by atoms with E-state index in [9.17, 15) is 19.2 Å². The molecule has 2 aliphatic rings. The normalized spacial score (nSPS) is 17.2. The molecule has 0 radical (unpaired) electrons. The number of hydrogen-bond acceptors (Lipinski definition) is 4. The molecule has 0 fully saturated rings. The lowest BCUT2D eigenvalue weighted by molar-refractivity contribution is -0.0584. The van der Waals surface area contributed by atoms with Gasteiger partial charge < -0.3 is 0 Å². The van der Waals surface area contributed by atoms with Crippen LogP contribution in [0.5, 0.6) is 0 Å². The maximum Gasteiger partial charge on any atom is 0.272 e. The summed E-state index contributed by atoms with van der Waals surface area (Å²) >= 11 is 0. The Kier molecular flexibility index (Phi) is 5.53. The Hall–Kier alpha value is -3.94. The van der Waals surface area contributed by atoms with Gasteiger partial charge in [-0.25, -0.2) is 8.78 Å². The van der Waals surface area contributed by atoms with Gasteiger partial charge >= 0.3 is 0 Å². The Bertz CT molecular complexity index is 1140. The molecule has 0 aliphatic carbocycles. The molecule has 0 bridgehead atoms. The molecule has 0 aromatic heterocycles. The van der Waals surface area contributed by atoms with Crippen molar-refractivity contribution in [2.75, 3.05) is 0 Å². The number of amides is 4. The molecule has 2 heterocycles. The average molecular weight is 450 g/mol. The quantitative estimate of drug-likeness (QED) is 0.448. The number of rotatable bonds is 8. The second-order valence-corrected chi connectivity index (χ2v) is 7.84. The van der Waals surface area contributed by atoms with E-state index in [-0.39, 0.29) is 28.7 Å². The van der Waals surface area contributed by atoms with Crippen LogP contribution in [0.4, 0.5) is 8.78 Å². The van der Waals surface area contributed by atoms with Crippen molar-refractivity contribution in [3.8, 4) is 0 Å². The van der Waals surface area contributed by atoms with Crippen LogP contribution in [0.25, 0.3) is 0 Å². The zero-order chi connectivity index (χ0) is 23.9. The molecule has 2 atom stereocenters. The van der Waals surface area contributed by atoms with Gasteiger partial charge in [-0.1, -0.05) is 36.4 Å². The van der Waals surface area contributed by atoms with Gasteiger partial charge in [0.1, 0.15) is 6.04 Å². The van der Waals surface area contributed by atoms with E-state index in [4.69, 9.17) is 0 Å². The van der Waals surface area contributed by atoms with Gasteiger partial charge in [-0.15, -0.1) is 13.2 Å². The Balaban J connectivity index is 1.53. The maximum absolute atomic E-state index is 15.3. The predicted octanol–water partition coefficient (Wildman–Crippen LogP) is 4.10. The van der Waals surface area contributed by atoms with Crippen LogP contribution in [0.3, 0.4) is 0 Å². The highest BCUT2D eigenvalue weighted by atomic mass is 19.3. The second kappa shape index (κ2) is 8.20. The van der Waals surface area contributed by atoms with E-state index in [0.29, 0.717) is 4.90 Å². The molecule has 2 aromatic rings. The van der Waals surface area contributed by atoms with Crippen molar-refractivity contribution in [2.24, 2.45) is 0 Å². The molecule has 2 aromatic carbocycles. The molecule has 0 saturated heterocycles. The predicted molar refractivity (Wildman–Crippen MR) is 116 cm³/mol. The van der Waals surface area contributed by atoms with Crippen molar-refractivity contribution in [1.29, 1.82) is 0 Å². The summed E-state index contributed by atoms with van der Waals surface area (Å²) < 4.78 is 30.6. The zero-order valence-electron chi connectivity index (χ0n) is 17.5. The Morgan fingerprint density at radius 3 is 1.48 bits per heavy atom. The highest BCUT2D eigenvalue weighted by Crippen LogP contribution is 2.36. The molecule has 0 N–H and O–H groups in total. The van der Waals surface area contributed by atoms with E-state index < -0.39 is 48.1 Å². The summed E-state index contributed by atoms with van der Waals surface area (Å²) in [5, 5.41) is 0. The third kappa shape index (κ3) is 3.47. The lowest BCUT2D eigenvalue weighted by Crippen LogP contribution is -2.50. The van der Waals surface area contributed by atoms with Gasteiger partial charge in [-0.2, -0.15) is 0 Å². The summed E-state index contributed by atoms with van der Waals surface area (Å²) in [5.74, 6) is -6.36. The minimum atomic E-state index is -3.56. The highest BCUT2D eigenvalue weighted by Gasteiger charge is 2.50. The van der Waals surface area contributed by atoms with Crippen LogP contribution in [0, 0.1) is 0 Å². The fourth-order valence-corrected chi connectivity index (χ4v) is 4.28. The molecular weight excluding hydrogens is 430 g/mol. The summed E-state index contributed by atoms with van der Waals surface area (Å²) in [4.78, 5) is 52.2. The largest absolute Gasteiger partial charge is 0.272 e. The monoisotopic (exact) mass is 450 g/mol. The highest BCUT2D eigenvalue weighted by molar-refractivity contribution is 6.22. The first-order chi connectivity index (χ1) is 15.7. The van der Waals surface area contributed by atoms with Crippen molar-refractivity contribution in [3.05, 3.63) is 96.1 Å². The van der Waals surface area contributed by atoms with E-state index >= 15 is 8.78 Å². The van der Waals surface area contributed by atoms with Gasteiger partial charge in [0.25, 0.3) is 29.6 Å².